The molecule has 2 unspecified atom stereocenters. The van der Waals surface area contributed by atoms with Crippen molar-refractivity contribution in [2.75, 3.05) is 6.54 Å². The van der Waals surface area contributed by atoms with E-state index in [-0.39, 0.29) is 30.2 Å². The molecule has 2 aliphatic rings. The summed E-state index contributed by atoms with van der Waals surface area (Å²) in [5.41, 5.74) is 0. The van der Waals surface area contributed by atoms with Gasteiger partial charge in [-0.05, 0) is 26.7 Å². The molecular weight excluding hydrogens is 258 g/mol. The fourth-order valence-electron chi connectivity index (χ4n) is 3.03. The predicted octanol–water partition coefficient (Wildman–Crippen LogP) is 0.171. The van der Waals surface area contributed by atoms with Crippen molar-refractivity contribution in [3.8, 4) is 0 Å². The summed E-state index contributed by atoms with van der Waals surface area (Å²) in [4.78, 5) is 37.5. The number of likely N-dealkylation sites (tertiary alicyclic amines) is 1. The van der Waals surface area contributed by atoms with E-state index < -0.39 is 12.1 Å². The van der Waals surface area contributed by atoms with Gasteiger partial charge in [0.25, 0.3) is 0 Å². The maximum Gasteiger partial charge on any atom is 0.247 e. The Morgan fingerprint density at radius 2 is 2.00 bits per heavy atom. The summed E-state index contributed by atoms with van der Waals surface area (Å²) in [6.07, 6.45) is 4.15. The molecule has 1 saturated carbocycles. The Morgan fingerprint density at radius 1 is 1.35 bits per heavy atom. The molecule has 2 fully saturated rings. The molecule has 0 aromatic heterocycles. The number of amides is 3. The van der Waals surface area contributed by atoms with Crippen molar-refractivity contribution in [3.05, 3.63) is 0 Å². The Kier molecular flexibility index (Phi) is 4.75. The predicted molar refractivity (Wildman–Crippen MR) is 73.8 cm³/mol. The van der Waals surface area contributed by atoms with Crippen LogP contribution in [0.1, 0.15) is 46.0 Å². The van der Waals surface area contributed by atoms with E-state index >= 15 is 0 Å². The van der Waals surface area contributed by atoms with Crippen molar-refractivity contribution in [2.24, 2.45) is 0 Å². The molecule has 2 atom stereocenters. The molecule has 6 nitrogen and oxygen atoms in total. The number of nitrogens with one attached hydrogen (secondary N) is 2. The zero-order chi connectivity index (χ0) is 14.7. The van der Waals surface area contributed by atoms with Crippen molar-refractivity contribution in [1.29, 1.82) is 0 Å². The van der Waals surface area contributed by atoms with Gasteiger partial charge in [-0.25, -0.2) is 0 Å². The number of nitrogens with zero attached hydrogens (tertiary/aromatic N) is 1. The molecule has 0 aromatic carbocycles. The third-order valence-corrected chi connectivity index (χ3v) is 4.07. The van der Waals surface area contributed by atoms with Crippen LogP contribution >= 0.6 is 0 Å². The number of carbonyl (C=O) groups excluding carboxylic acids is 3. The maximum absolute atomic E-state index is 12.3. The largest absolute Gasteiger partial charge is 0.355 e. The highest BCUT2D eigenvalue weighted by Crippen LogP contribution is 2.28. The first kappa shape index (κ1) is 15.0. The second kappa shape index (κ2) is 6.35. The van der Waals surface area contributed by atoms with E-state index in [9.17, 15) is 14.4 Å². The molecule has 0 radical (unpaired) electrons. The number of likely N-dealkylation sites (N-methyl/N-ethyl adjacent to an activating group) is 1. The van der Waals surface area contributed by atoms with E-state index in [0.717, 1.165) is 25.7 Å². The van der Waals surface area contributed by atoms with Gasteiger partial charge in [-0.15, -0.1) is 0 Å². The second-order valence-corrected chi connectivity index (χ2v) is 5.58. The van der Waals surface area contributed by atoms with Crippen LogP contribution in [0.15, 0.2) is 0 Å². The average molecular weight is 281 g/mol. The third kappa shape index (κ3) is 3.00. The minimum absolute atomic E-state index is 0.0709. The first-order valence-corrected chi connectivity index (χ1v) is 7.44. The number of hydrogen-bond acceptors (Lipinski definition) is 4. The molecule has 3 amide bonds. The molecule has 1 saturated heterocycles. The van der Waals surface area contributed by atoms with Crippen molar-refractivity contribution in [1.82, 2.24) is 15.5 Å². The zero-order valence-corrected chi connectivity index (χ0v) is 12.1. The van der Waals surface area contributed by atoms with Gasteiger partial charge in [-0.2, -0.15) is 0 Å². The number of imide groups is 1. The van der Waals surface area contributed by atoms with Crippen LogP contribution in [0.4, 0.5) is 0 Å². The van der Waals surface area contributed by atoms with Gasteiger partial charge < -0.3 is 5.32 Å². The molecule has 2 N–H and O–H groups in total. The Labute approximate surface area is 119 Å². The highest BCUT2D eigenvalue weighted by molar-refractivity contribution is 6.06. The number of carbonyl (C=O) groups is 3. The molecule has 0 aromatic rings. The molecule has 1 aliphatic heterocycles. The summed E-state index contributed by atoms with van der Waals surface area (Å²) in [6, 6.07) is -0.956. The fourth-order valence-corrected chi connectivity index (χ4v) is 3.03. The summed E-state index contributed by atoms with van der Waals surface area (Å²) in [7, 11) is 0. The first-order chi connectivity index (χ1) is 9.54. The quantitative estimate of drug-likeness (QED) is 0.704. The molecular formula is C14H23N3O3. The van der Waals surface area contributed by atoms with Crippen LogP contribution in [0.5, 0.6) is 0 Å². The highest BCUT2D eigenvalue weighted by Gasteiger charge is 2.43. The lowest BCUT2D eigenvalue weighted by molar-refractivity contribution is -0.141. The Bertz CT molecular complexity index is 404. The number of rotatable bonds is 5. The SMILES string of the molecule is CCNC(=O)C(C)NC1CC(=O)N(C2CCCC2)C1=O. The summed E-state index contributed by atoms with van der Waals surface area (Å²) in [5, 5.41) is 5.67. The lowest BCUT2D eigenvalue weighted by atomic mass is 10.2. The van der Waals surface area contributed by atoms with E-state index in [1.807, 2.05) is 6.92 Å². The monoisotopic (exact) mass is 281 g/mol. The molecule has 112 valence electrons. The van der Waals surface area contributed by atoms with Gasteiger partial charge in [0.1, 0.15) is 0 Å². The van der Waals surface area contributed by atoms with Crippen LogP contribution in [0, 0.1) is 0 Å². The average Bonchev–Trinajstić information content (AvgIpc) is 2.99. The van der Waals surface area contributed by atoms with Crippen LogP contribution in [-0.4, -0.2) is 47.3 Å². The highest BCUT2D eigenvalue weighted by atomic mass is 16.2. The van der Waals surface area contributed by atoms with Crippen LogP contribution in [0.2, 0.25) is 0 Å². The summed E-state index contributed by atoms with van der Waals surface area (Å²) in [5.74, 6) is -0.424. The van der Waals surface area contributed by atoms with Crippen LogP contribution in [0.3, 0.4) is 0 Å². The van der Waals surface area contributed by atoms with Gasteiger partial charge in [-0.1, -0.05) is 12.8 Å². The lowest BCUT2D eigenvalue weighted by Gasteiger charge is -2.23. The first-order valence-electron chi connectivity index (χ1n) is 7.44. The van der Waals surface area contributed by atoms with Gasteiger partial charge in [0.15, 0.2) is 0 Å². The molecule has 0 spiro atoms. The van der Waals surface area contributed by atoms with E-state index in [1.54, 1.807) is 6.92 Å². The van der Waals surface area contributed by atoms with Crippen LogP contribution < -0.4 is 10.6 Å². The Balaban J connectivity index is 1.95. The van der Waals surface area contributed by atoms with Gasteiger partial charge in [-0.3, -0.25) is 24.6 Å². The van der Waals surface area contributed by atoms with Crippen LogP contribution in [0.25, 0.3) is 0 Å². The zero-order valence-electron chi connectivity index (χ0n) is 12.1. The normalized spacial score (nSPS) is 25.3. The molecule has 20 heavy (non-hydrogen) atoms. The second-order valence-electron chi connectivity index (χ2n) is 5.58. The molecule has 1 aliphatic carbocycles. The molecule has 2 rings (SSSR count). The molecule has 1 heterocycles. The minimum atomic E-state index is -0.555. The molecule has 0 bridgehead atoms. The lowest BCUT2D eigenvalue weighted by Crippen LogP contribution is -2.50. The van der Waals surface area contributed by atoms with Crippen molar-refractivity contribution in [3.63, 3.8) is 0 Å². The fraction of sp³-hybridized carbons (Fsp3) is 0.786. The van der Waals surface area contributed by atoms with Crippen molar-refractivity contribution < 1.29 is 14.4 Å². The van der Waals surface area contributed by atoms with E-state index in [4.69, 9.17) is 0 Å². The van der Waals surface area contributed by atoms with E-state index in [1.165, 1.54) is 4.90 Å². The summed E-state index contributed by atoms with van der Waals surface area (Å²) in [6.45, 7) is 4.11. The smallest absolute Gasteiger partial charge is 0.247 e. The Morgan fingerprint density at radius 3 is 2.60 bits per heavy atom. The Hall–Kier alpha value is -1.43. The van der Waals surface area contributed by atoms with Gasteiger partial charge in [0.05, 0.1) is 18.5 Å². The van der Waals surface area contributed by atoms with Crippen LogP contribution in [-0.2, 0) is 14.4 Å². The van der Waals surface area contributed by atoms with E-state index in [0.29, 0.717) is 6.54 Å². The van der Waals surface area contributed by atoms with Gasteiger partial charge >= 0.3 is 0 Å². The van der Waals surface area contributed by atoms with E-state index in [2.05, 4.69) is 10.6 Å². The van der Waals surface area contributed by atoms with Gasteiger partial charge in [0, 0.05) is 12.6 Å². The van der Waals surface area contributed by atoms with Crippen molar-refractivity contribution >= 4 is 17.7 Å². The minimum Gasteiger partial charge on any atom is -0.355 e. The summed E-state index contributed by atoms with van der Waals surface area (Å²) >= 11 is 0. The maximum atomic E-state index is 12.3. The van der Waals surface area contributed by atoms with Crippen molar-refractivity contribution in [2.45, 2.75) is 64.1 Å². The number of hydrogen-bond donors (Lipinski definition) is 2. The topological polar surface area (TPSA) is 78.5 Å². The third-order valence-electron chi connectivity index (χ3n) is 4.07. The summed E-state index contributed by atoms with van der Waals surface area (Å²) < 4.78 is 0. The standard InChI is InChI=1S/C14H23N3O3/c1-3-15-13(19)9(2)16-11-8-12(18)17(14(11)20)10-6-4-5-7-10/h9-11,16H,3-8H2,1-2H3,(H,15,19). The van der Waals surface area contributed by atoms with Gasteiger partial charge in [0.2, 0.25) is 17.7 Å². The molecule has 6 heteroatoms.